The first-order chi connectivity index (χ1) is 10.7. The van der Waals surface area contributed by atoms with Crippen LogP contribution in [0.2, 0.25) is 0 Å². The van der Waals surface area contributed by atoms with Crippen molar-refractivity contribution >= 4 is 11.6 Å². The van der Waals surface area contributed by atoms with Crippen LogP contribution in [0.25, 0.3) is 0 Å². The van der Waals surface area contributed by atoms with Crippen LogP contribution in [0, 0.1) is 0 Å². The average molecular weight is 302 g/mol. The van der Waals surface area contributed by atoms with E-state index in [1.807, 2.05) is 0 Å². The molecule has 1 rings (SSSR count). The highest BCUT2D eigenvalue weighted by atomic mass is 16.1. The van der Waals surface area contributed by atoms with Crippen LogP contribution in [0.15, 0.2) is 24.3 Å². The van der Waals surface area contributed by atoms with Gasteiger partial charge in [0.15, 0.2) is 11.6 Å². The first-order valence-corrected chi connectivity index (χ1v) is 8.85. The van der Waals surface area contributed by atoms with Crippen molar-refractivity contribution in [3.63, 3.8) is 0 Å². The summed E-state index contributed by atoms with van der Waals surface area (Å²) in [6.45, 7) is 4.33. The van der Waals surface area contributed by atoms with Crippen LogP contribution in [-0.2, 0) is 0 Å². The molecule has 0 aromatic heterocycles. The van der Waals surface area contributed by atoms with E-state index >= 15 is 0 Å². The maximum absolute atomic E-state index is 12.0. The summed E-state index contributed by atoms with van der Waals surface area (Å²) in [5.74, 6) is 0.385. The number of ketones is 2. The highest BCUT2D eigenvalue weighted by molar-refractivity contribution is 5.99. The number of hydrogen-bond donors (Lipinski definition) is 0. The summed E-state index contributed by atoms with van der Waals surface area (Å²) in [7, 11) is 0. The van der Waals surface area contributed by atoms with Crippen LogP contribution < -0.4 is 0 Å². The van der Waals surface area contributed by atoms with Gasteiger partial charge in [0.05, 0.1) is 0 Å². The maximum atomic E-state index is 12.0. The fourth-order valence-electron chi connectivity index (χ4n) is 2.56. The Morgan fingerprint density at radius 1 is 0.636 bits per heavy atom. The van der Waals surface area contributed by atoms with E-state index in [-0.39, 0.29) is 11.6 Å². The molecule has 0 amide bonds. The minimum Gasteiger partial charge on any atom is -0.294 e. The molecule has 0 aliphatic carbocycles. The second-order valence-corrected chi connectivity index (χ2v) is 6.05. The third-order valence-corrected chi connectivity index (χ3v) is 4.04. The Morgan fingerprint density at radius 3 is 1.32 bits per heavy atom. The lowest BCUT2D eigenvalue weighted by atomic mass is 10.00. The van der Waals surface area contributed by atoms with Gasteiger partial charge in [-0.2, -0.15) is 0 Å². The molecule has 1 aromatic rings. The van der Waals surface area contributed by atoms with E-state index in [0.717, 1.165) is 36.8 Å². The molecule has 0 N–H and O–H groups in total. The van der Waals surface area contributed by atoms with Gasteiger partial charge in [0.1, 0.15) is 0 Å². The Balaban J connectivity index is 2.41. The van der Waals surface area contributed by atoms with Crippen molar-refractivity contribution in [3.8, 4) is 0 Å². The summed E-state index contributed by atoms with van der Waals surface area (Å²) in [5, 5.41) is 0. The third kappa shape index (κ3) is 7.02. The molecule has 0 saturated carbocycles. The molecule has 0 fully saturated rings. The molecule has 22 heavy (non-hydrogen) atoms. The molecule has 0 unspecified atom stereocenters. The van der Waals surface area contributed by atoms with Gasteiger partial charge in [0.25, 0.3) is 0 Å². The van der Waals surface area contributed by atoms with Crippen molar-refractivity contribution in [1.82, 2.24) is 0 Å². The van der Waals surface area contributed by atoms with E-state index in [1.165, 1.54) is 25.7 Å². The molecule has 0 aliphatic heterocycles. The normalized spacial score (nSPS) is 10.6. The predicted molar refractivity (Wildman–Crippen MR) is 92.6 cm³/mol. The molecule has 0 spiro atoms. The number of rotatable bonds is 12. The smallest absolute Gasteiger partial charge is 0.162 e. The van der Waals surface area contributed by atoms with Gasteiger partial charge in [-0.25, -0.2) is 0 Å². The van der Waals surface area contributed by atoms with E-state index in [0.29, 0.717) is 12.8 Å². The molecule has 122 valence electrons. The van der Waals surface area contributed by atoms with Crippen LogP contribution >= 0.6 is 0 Å². The monoisotopic (exact) mass is 302 g/mol. The summed E-state index contributed by atoms with van der Waals surface area (Å²) in [6, 6.07) is 7.23. The summed E-state index contributed by atoms with van der Waals surface area (Å²) in [5.41, 5.74) is 1.47. The topological polar surface area (TPSA) is 34.1 Å². The second kappa shape index (κ2) is 11.2. The SMILES string of the molecule is CCCCCCC(=O)c1ccc(C(=O)CCCCCC)cc1. The zero-order chi connectivity index (χ0) is 16.2. The molecule has 0 heterocycles. The Hall–Kier alpha value is -1.44. The molecule has 0 atom stereocenters. The number of carbonyl (C=O) groups is 2. The molecule has 0 saturated heterocycles. The second-order valence-electron chi connectivity index (χ2n) is 6.05. The standard InChI is InChI=1S/C20H30O2/c1-3-5-7-9-11-19(21)17-13-15-18(16-14-17)20(22)12-10-8-6-4-2/h13-16H,3-12H2,1-2H3. The number of hydrogen-bond acceptors (Lipinski definition) is 2. The molecule has 0 radical (unpaired) electrons. The van der Waals surface area contributed by atoms with E-state index < -0.39 is 0 Å². The first-order valence-electron chi connectivity index (χ1n) is 8.85. The Kier molecular flexibility index (Phi) is 9.45. The molecule has 1 aromatic carbocycles. The minimum atomic E-state index is 0.193. The van der Waals surface area contributed by atoms with Gasteiger partial charge in [-0.1, -0.05) is 76.6 Å². The Morgan fingerprint density at radius 2 is 1.00 bits per heavy atom. The fraction of sp³-hybridized carbons (Fsp3) is 0.600. The van der Waals surface area contributed by atoms with Crippen molar-refractivity contribution in [2.45, 2.75) is 78.1 Å². The van der Waals surface area contributed by atoms with Gasteiger partial charge < -0.3 is 0 Å². The van der Waals surface area contributed by atoms with E-state index in [2.05, 4.69) is 13.8 Å². The van der Waals surface area contributed by atoms with Gasteiger partial charge in [0, 0.05) is 24.0 Å². The van der Waals surface area contributed by atoms with E-state index in [1.54, 1.807) is 24.3 Å². The van der Waals surface area contributed by atoms with Crippen molar-refractivity contribution in [2.75, 3.05) is 0 Å². The minimum absolute atomic E-state index is 0.193. The van der Waals surface area contributed by atoms with Crippen LogP contribution in [0.3, 0.4) is 0 Å². The van der Waals surface area contributed by atoms with Crippen molar-refractivity contribution in [2.24, 2.45) is 0 Å². The Bertz CT molecular complexity index is 402. The summed E-state index contributed by atoms with van der Waals surface area (Å²) < 4.78 is 0. The fourth-order valence-corrected chi connectivity index (χ4v) is 2.56. The Labute approximate surface area is 135 Å². The van der Waals surface area contributed by atoms with Crippen molar-refractivity contribution < 1.29 is 9.59 Å². The number of unbranched alkanes of at least 4 members (excludes halogenated alkanes) is 6. The number of carbonyl (C=O) groups excluding carboxylic acids is 2. The first kappa shape index (κ1) is 18.6. The van der Waals surface area contributed by atoms with Gasteiger partial charge >= 0.3 is 0 Å². The van der Waals surface area contributed by atoms with Crippen LogP contribution in [-0.4, -0.2) is 11.6 Å². The highest BCUT2D eigenvalue weighted by Gasteiger charge is 2.09. The van der Waals surface area contributed by atoms with E-state index in [9.17, 15) is 9.59 Å². The molecule has 2 nitrogen and oxygen atoms in total. The molecular formula is C20H30O2. The summed E-state index contributed by atoms with van der Waals surface area (Å²) in [4.78, 5) is 24.1. The quantitative estimate of drug-likeness (QED) is 0.351. The molecule has 0 bridgehead atoms. The summed E-state index contributed by atoms with van der Waals surface area (Å²) >= 11 is 0. The zero-order valence-corrected chi connectivity index (χ0v) is 14.2. The third-order valence-electron chi connectivity index (χ3n) is 4.04. The largest absolute Gasteiger partial charge is 0.294 e. The molecule has 2 heteroatoms. The van der Waals surface area contributed by atoms with Crippen LogP contribution in [0.1, 0.15) is 98.8 Å². The van der Waals surface area contributed by atoms with E-state index in [4.69, 9.17) is 0 Å². The summed E-state index contributed by atoms with van der Waals surface area (Å²) in [6.07, 6.45) is 10.2. The lowest BCUT2D eigenvalue weighted by Crippen LogP contribution is -2.02. The van der Waals surface area contributed by atoms with Gasteiger partial charge in [-0.3, -0.25) is 9.59 Å². The van der Waals surface area contributed by atoms with Gasteiger partial charge in [0.2, 0.25) is 0 Å². The van der Waals surface area contributed by atoms with Gasteiger partial charge in [-0.15, -0.1) is 0 Å². The van der Waals surface area contributed by atoms with Crippen LogP contribution in [0.4, 0.5) is 0 Å². The van der Waals surface area contributed by atoms with Crippen molar-refractivity contribution in [1.29, 1.82) is 0 Å². The lowest BCUT2D eigenvalue weighted by Gasteiger charge is -2.04. The number of benzene rings is 1. The van der Waals surface area contributed by atoms with Crippen LogP contribution in [0.5, 0.6) is 0 Å². The predicted octanol–water partition coefficient (Wildman–Crippen LogP) is 5.99. The maximum Gasteiger partial charge on any atom is 0.162 e. The lowest BCUT2D eigenvalue weighted by molar-refractivity contribution is 0.0967. The molecule has 0 aliphatic rings. The number of Topliss-reactive ketones (excluding diaryl/α,β-unsaturated/α-hetero) is 2. The average Bonchev–Trinajstić information content (AvgIpc) is 2.55. The highest BCUT2D eigenvalue weighted by Crippen LogP contribution is 2.13. The zero-order valence-electron chi connectivity index (χ0n) is 14.2. The van der Waals surface area contributed by atoms with Gasteiger partial charge in [-0.05, 0) is 12.8 Å². The molecular weight excluding hydrogens is 272 g/mol. The van der Waals surface area contributed by atoms with Crippen molar-refractivity contribution in [3.05, 3.63) is 35.4 Å².